The number of fused-ring (bicyclic) bond motifs is 2. The highest BCUT2D eigenvalue weighted by atomic mass is 16.2. The number of likely N-dealkylation sites (N-methyl/N-ethyl adjacent to an activating group) is 2. The number of hydrogen-bond acceptors (Lipinski definition) is 8. The minimum atomic E-state index is -0.643. The first-order valence-corrected chi connectivity index (χ1v) is 28.3. The molecule has 14 heteroatoms. The second-order valence-electron chi connectivity index (χ2n) is 22.9. The van der Waals surface area contributed by atoms with Gasteiger partial charge >= 0.3 is 0 Å². The molecule has 2 aliphatic heterocycles. The second kappa shape index (κ2) is 23.6. The zero-order chi connectivity index (χ0) is 50.5. The molecule has 0 unspecified atom stereocenters. The Bertz CT molecular complexity index is 2100. The van der Waals surface area contributed by atoms with Crippen LogP contribution in [0.4, 0.5) is 0 Å². The molecule has 0 aromatic heterocycles. The highest BCUT2D eigenvalue weighted by molar-refractivity contribution is 5.95. The molecule has 2 heterocycles. The Balaban J connectivity index is 0.866. The molecule has 3 saturated carbocycles. The summed E-state index contributed by atoms with van der Waals surface area (Å²) >= 11 is 0. The molecular weight excluding hydrogens is 905 g/mol. The van der Waals surface area contributed by atoms with E-state index in [0.717, 1.165) is 116 Å². The molecular formula is C58H84N8O6. The van der Waals surface area contributed by atoms with Crippen molar-refractivity contribution in [1.82, 2.24) is 41.7 Å². The van der Waals surface area contributed by atoms with Gasteiger partial charge in [-0.1, -0.05) is 87.1 Å². The molecule has 6 N–H and O–H groups in total. The Morgan fingerprint density at radius 3 is 1.24 bits per heavy atom. The van der Waals surface area contributed by atoms with E-state index in [4.69, 9.17) is 0 Å². The molecule has 72 heavy (non-hydrogen) atoms. The number of nitrogens with one attached hydrogen (secondary N) is 6. The molecule has 2 aromatic carbocycles. The Labute approximate surface area is 428 Å². The maximum atomic E-state index is 14.6. The van der Waals surface area contributed by atoms with Gasteiger partial charge in [-0.3, -0.25) is 28.8 Å². The normalized spacial score (nSPS) is 29.3. The van der Waals surface area contributed by atoms with Crippen LogP contribution in [0.1, 0.15) is 164 Å². The predicted octanol–water partition coefficient (Wildman–Crippen LogP) is 6.18. The van der Waals surface area contributed by atoms with Crippen molar-refractivity contribution in [3.8, 4) is 0 Å². The molecule has 2 saturated heterocycles. The average molecular weight is 989 g/mol. The van der Waals surface area contributed by atoms with Gasteiger partial charge in [0, 0.05) is 13.1 Å². The number of nitrogens with zero attached hydrogens (tertiary/aromatic N) is 2. The zero-order valence-corrected chi connectivity index (χ0v) is 43.6. The standard InChI is InChI=1S/C58H84N8O6/c1-35(59-3)53(67)61-49(39-17-7-5-8-18-39)57(71)65-31-15-25-47(65)55(69)63-51-43-23-13-11-21-41(43)33-45(51)37-27-29-38(30-28-37)46-34-42-22-12-14-24-44(42)52(46)64-56(70)48-26-16-32-66(48)58(72)50(40-19-9-6-10-20-40)62-54(68)36(2)60-4/h11-14,21-24,35-40,45-52,59-60H,5-10,15-20,25-34H2,1-4H3,(H,61,67)(H,62,68)(H,63,69)(H,64,70)/t35-,36-,37?,38?,45-,46-,47-,48-,49-,50-,51-,52-/m0/s1. The highest BCUT2D eigenvalue weighted by Gasteiger charge is 2.48. The highest BCUT2D eigenvalue weighted by Crippen LogP contribution is 2.51. The number of likely N-dealkylation sites (tertiary alicyclic amines) is 2. The molecule has 10 atom stereocenters. The van der Waals surface area contributed by atoms with Crippen molar-refractivity contribution in [2.24, 2.45) is 35.5 Å². The zero-order valence-electron chi connectivity index (χ0n) is 43.6. The van der Waals surface area contributed by atoms with Crippen LogP contribution in [-0.4, -0.2) is 109 Å². The molecule has 0 spiro atoms. The van der Waals surface area contributed by atoms with E-state index in [0.29, 0.717) is 37.8 Å². The smallest absolute Gasteiger partial charge is 0.246 e. The molecule has 392 valence electrons. The van der Waals surface area contributed by atoms with Gasteiger partial charge in [0.2, 0.25) is 35.4 Å². The third-order valence-corrected chi connectivity index (χ3v) is 18.9. The van der Waals surface area contributed by atoms with Crippen LogP contribution in [0.15, 0.2) is 48.5 Å². The Kier molecular flexibility index (Phi) is 17.1. The van der Waals surface area contributed by atoms with E-state index in [1.807, 2.05) is 0 Å². The SMILES string of the molecule is CN[C@@H](C)C(=O)N[C@H](C(=O)N1CCC[C@H]1C(=O)N[C@H]1c2ccccc2C[C@H]1C1CCC([C@@H]2Cc3ccccc3[C@@H]2NC(=O)[C@@H]2CCCN2C(=O)[C@@H](NC(=O)[C@H](C)NC)C2CCCCC2)CC1)C1CCCCC1. The lowest BCUT2D eigenvalue weighted by Gasteiger charge is -2.40. The summed E-state index contributed by atoms with van der Waals surface area (Å²) < 4.78 is 0. The van der Waals surface area contributed by atoms with E-state index in [9.17, 15) is 28.8 Å². The number of benzene rings is 2. The topological polar surface area (TPSA) is 181 Å². The van der Waals surface area contributed by atoms with Gasteiger partial charge < -0.3 is 41.7 Å². The third kappa shape index (κ3) is 11.1. The molecule has 14 nitrogen and oxygen atoms in total. The van der Waals surface area contributed by atoms with E-state index in [-0.39, 0.29) is 71.2 Å². The van der Waals surface area contributed by atoms with Gasteiger partial charge in [-0.2, -0.15) is 0 Å². The van der Waals surface area contributed by atoms with Crippen molar-refractivity contribution in [3.63, 3.8) is 0 Å². The lowest BCUT2D eigenvalue weighted by molar-refractivity contribution is -0.143. The van der Waals surface area contributed by atoms with Crippen LogP contribution in [-0.2, 0) is 41.6 Å². The van der Waals surface area contributed by atoms with Crippen LogP contribution >= 0.6 is 0 Å². The van der Waals surface area contributed by atoms with Crippen molar-refractivity contribution >= 4 is 35.4 Å². The first-order chi connectivity index (χ1) is 34.9. The van der Waals surface area contributed by atoms with Gasteiger partial charge in [-0.25, -0.2) is 0 Å². The van der Waals surface area contributed by atoms with Gasteiger partial charge in [0.1, 0.15) is 24.2 Å². The van der Waals surface area contributed by atoms with Crippen LogP contribution in [0.5, 0.6) is 0 Å². The summed E-state index contributed by atoms with van der Waals surface area (Å²) in [5, 5.41) is 19.4. The van der Waals surface area contributed by atoms with E-state index >= 15 is 0 Å². The summed E-state index contributed by atoms with van der Waals surface area (Å²) in [4.78, 5) is 88.4. The van der Waals surface area contributed by atoms with Crippen LogP contribution in [0, 0.1) is 35.5 Å². The van der Waals surface area contributed by atoms with Crippen LogP contribution in [0.3, 0.4) is 0 Å². The molecule has 7 aliphatic rings. The molecule has 5 fully saturated rings. The van der Waals surface area contributed by atoms with Crippen molar-refractivity contribution < 1.29 is 28.8 Å². The lowest BCUT2D eigenvalue weighted by atomic mass is 9.69. The van der Waals surface area contributed by atoms with E-state index in [1.165, 1.54) is 22.3 Å². The Morgan fingerprint density at radius 2 is 0.861 bits per heavy atom. The number of hydrogen-bond donors (Lipinski definition) is 6. The number of amides is 6. The van der Waals surface area contributed by atoms with Crippen LogP contribution < -0.4 is 31.9 Å². The second-order valence-corrected chi connectivity index (χ2v) is 22.9. The summed E-state index contributed by atoms with van der Waals surface area (Å²) in [5.41, 5.74) is 4.91. The maximum Gasteiger partial charge on any atom is 0.246 e. The monoisotopic (exact) mass is 989 g/mol. The fourth-order valence-electron chi connectivity index (χ4n) is 14.5. The number of carbonyl (C=O) groups is 6. The van der Waals surface area contributed by atoms with Crippen molar-refractivity contribution in [3.05, 3.63) is 70.8 Å². The van der Waals surface area contributed by atoms with E-state index in [1.54, 1.807) is 37.7 Å². The minimum absolute atomic E-state index is 0.0565. The molecule has 5 aliphatic carbocycles. The summed E-state index contributed by atoms with van der Waals surface area (Å²) in [6.45, 7) is 4.62. The van der Waals surface area contributed by atoms with Crippen LogP contribution in [0.2, 0.25) is 0 Å². The lowest BCUT2D eigenvalue weighted by Crippen LogP contribution is -2.58. The summed E-state index contributed by atoms with van der Waals surface area (Å²) in [7, 11) is 3.49. The Hall–Kier alpha value is -4.82. The number of rotatable bonds is 16. The average Bonchev–Trinajstić information content (AvgIpc) is 4.25. The van der Waals surface area contributed by atoms with Gasteiger partial charge in [-0.15, -0.1) is 0 Å². The van der Waals surface area contributed by atoms with Crippen molar-refractivity contribution in [2.75, 3.05) is 27.2 Å². The summed E-state index contributed by atoms with van der Waals surface area (Å²) in [5.74, 6) is 0.522. The summed E-state index contributed by atoms with van der Waals surface area (Å²) in [6.07, 6.45) is 18.6. The van der Waals surface area contributed by atoms with Crippen molar-refractivity contribution in [2.45, 2.75) is 191 Å². The molecule has 9 rings (SSSR count). The minimum Gasteiger partial charge on any atom is -0.347 e. The first kappa shape index (κ1) is 52.1. The fourth-order valence-corrected chi connectivity index (χ4v) is 14.5. The quantitative estimate of drug-likeness (QED) is 0.115. The first-order valence-electron chi connectivity index (χ1n) is 28.3. The largest absolute Gasteiger partial charge is 0.347 e. The van der Waals surface area contributed by atoms with Gasteiger partial charge in [0.25, 0.3) is 0 Å². The van der Waals surface area contributed by atoms with Crippen molar-refractivity contribution in [1.29, 1.82) is 0 Å². The Morgan fingerprint density at radius 1 is 0.486 bits per heavy atom. The van der Waals surface area contributed by atoms with Gasteiger partial charge in [-0.05, 0) is 176 Å². The third-order valence-electron chi connectivity index (χ3n) is 18.9. The molecule has 6 amide bonds. The van der Waals surface area contributed by atoms with E-state index < -0.39 is 36.3 Å². The molecule has 0 radical (unpaired) electrons. The molecule has 2 aromatic rings. The summed E-state index contributed by atoms with van der Waals surface area (Å²) in [6, 6.07) is 13.4. The number of carbonyl (C=O) groups excluding carboxylic acids is 6. The van der Waals surface area contributed by atoms with E-state index in [2.05, 4.69) is 80.4 Å². The molecule has 0 bridgehead atoms. The van der Waals surface area contributed by atoms with Crippen LogP contribution in [0.25, 0.3) is 0 Å². The van der Waals surface area contributed by atoms with Gasteiger partial charge in [0.15, 0.2) is 0 Å². The fraction of sp³-hybridized carbons (Fsp3) is 0.690. The predicted molar refractivity (Wildman–Crippen MR) is 278 cm³/mol. The maximum absolute atomic E-state index is 14.6. The van der Waals surface area contributed by atoms with Gasteiger partial charge in [0.05, 0.1) is 24.2 Å².